The Kier molecular flexibility index (Phi) is 3.47. The van der Waals surface area contributed by atoms with Gasteiger partial charge in [-0.25, -0.2) is 0 Å². The van der Waals surface area contributed by atoms with Crippen LogP contribution in [0.2, 0.25) is 5.02 Å². The summed E-state index contributed by atoms with van der Waals surface area (Å²) in [5.74, 6) is 0.828. The van der Waals surface area contributed by atoms with Crippen molar-refractivity contribution in [1.29, 1.82) is 0 Å². The van der Waals surface area contributed by atoms with Gasteiger partial charge >= 0.3 is 0 Å². The summed E-state index contributed by atoms with van der Waals surface area (Å²) in [7, 11) is 0. The lowest BCUT2D eigenvalue weighted by Crippen LogP contribution is -1.95. The van der Waals surface area contributed by atoms with E-state index in [1.807, 2.05) is 6.92 Å². The van der Waals surface area contributed by atoms with Crippen LogP contribution in [0.25, 0.3) is 0 Å². The molecule has 0 aliphatic rings. The minimum absolute atomic E-state index is 0.0347. The van der Waals surface area contributed by atoms with Crippen LogP contribution >= 0.6 is 11.6 Å². The fourth-order valence-corrected chi connectivity index (χ4v) is 1.63. The van der Waals surface area contributed by atoms with Crippen molar-refractivity contribution >= 4 is 17.3 Å². The number of ether oxygens (including phenoxy) is 1. The summed E-state index contributed by atoms with van der Waals surface area (Å²) in [4.78, 5) is 10.1. The van der Waals surface area contributed by atoms with Gasteiger partial charge < -0.3 is 4.74 Å². The van der Waals surface area contributed by atoms with Gasteiger partial charge in [-0.2, -0.15) is 0 Å². The molecule has 0 fully saturated rings. The number of rotatable bonds is 4. The van der Waals surface area contributed by atoms with Crippen LogP contribution in [0.5, 0.6) is 11.6 Å². The van der Waals surface area contributed by atoms with Gasteiger partial charge in [0, 0.05) is 30.9 Å². The predicted octanol–water partition coefficient (Wildman–Crippen LogP) is 3.26. The summed E-state index contributed by atoms with van der Waals surface area (Å²) in [6, 6.07) is 5.88. The molecular weight excluding hydrogens is 258 g/mol. The monoisotopic (exact) mass is 267 g/mol. The van der Waals surface area contributed by atoms with Crippen molar-refractivity contribution in [3.63, 3.8) is 0 Å². The molecule has 2 aromatic rings. The van der Waals surface area contributed by atoms with Gasteiger partial charge in [-0.05, 0) is 13.0 Å². The van der Waals surface area contributed by atoms with E-state index in [-0.39, 0.29) is 10.7 Å². The molecule has 1 heterocycles. The molecule has 18 heavy (non-hydrogen) atoms. The number of halogens is 1. The van der Waals surface area contributed by atoms with Crippen LogP contribution in [0.15, 0.2) is 30.5 Å². The van der Waals surface area contributed by atoms with Gasteiger partial charge in [0.15, 0.2) is 0 Å². The number of hydrogen-bond donors (Lipinski definition) is 0. The van der Waals surface area contributed by atoms with E-state index < -0.39 is 4.92 Å². The quantitative estimate of drug-likeness (QED) is 0.630. The van der Waals surface area contributed by atoms with Crippen molar-refractivity contribution in [3.05, 3.63) is 45.6 Å². The second-order valence-electron chi connectivity index (χ2n) is 3.48. The SMILES string of the molecule is CCn1ccc(Oc2ccc([N+](=O)[O-])c(Cl)c2)n1. The van der Waals surface area contributed by atoms with Gasteiger partial charge in [0.2, 0.25) is 5.88 Å². The van der Waals surface area contributed by atoms with E-state index in [2.05, 4.69) is 5.10 Å². The lowest BCUT2D eigenvalue weighted by Gasteiger charge is -2.02. The highest BCUT2D eigenvalue weighted by Gasteiger charge is 2.13. The predicted molar refractivity (Wildman–Crippen MR) is 66.1 cm³/mol. The molecular formula is C11H10ClN3O3. The third-order valence-corrected chi connectivity index (χ3v) is 2.58. The number of hydrogen-bond acceptors (Lipinski definition) is 4. The lowest BCUT2D eigenvalue weighted by molar-refractivity contribution is -0.384. The van der Waals surface area contributed by atoms with E-state index in [0.717, 1.165) is 6.54 Å². The Hall–Kier alpha value is -2.08. The maximum atomic E-state index is 10.6. The van der Waals surface area contributed by atoms with Crippen molar-refractivity contribution < 1.29 is 9.66 Å². The van der Waals surface area contributed by atoms with E-state index in [4.69, 9.17) is 16.3 Å². The van der Waals surface area contributed by atoms with Crippen molar-refractivity contribution in [1.82, 2.24) is 9.78 Å². The van der Waals surface area contributed by atoms with Crippen LogP contribution in [-0.2, 0) is 6.54 Å². The molecule has 0 saturated carbocycles. The Morgan fingerprint density at radius 2 is 2.28 bits per heavy atom. The lowest BCUT2D eigenvalue weighted by atomic mass is 10.3. The first-order valence-corrected chi connectivity index (χ1v) is 5.63. The van der Waals surface area contributed by atoms with Crippen molar-refractivity contribution in [3.8, 4) is 11.6 Å². The zero-order valence-electron chi connectivity index (χ0n) is 9.54. The van der Waals surface area contributed by atoms with Crippen LogP contribution in [0.4, 0.5) is 5.69 Å². The molecule has 0 unspecified atom stereocenters. The Balaban J connectivity index is 2.19. The van der Waals surface area contributed by atoms with Crippen molar-refractivity contribution in [2.45, 2.75) is 13.5 Å². The second kappa shape index (κ2) is 5.05. The van der Waals surface area contributed by atoms with Gasteiger partial charge in [-0.3, -0.25) is 14.8 Å². The van der Waals surface area contributed by atoms with E-state index in [9.17, 15) is 10.1 Å². The third-order valence-electron chi connectivity index (χ3n) is 2.28. The van der Waals surface area contributed by atoms with Crippen molar-refractivity contribution in [2.24, 2.45) is 0 Å². The molecule has 2 rings (SSSR count). The zero-order valence-corrected chi connectivity index (χ0v) is 10.3. The molecule has 1 aromatic carbocycles. The molecule has 0 amide bonds. The minimum atomic E-state index is -0.544. The van der Waals surface area contributed by atoms with Gasteiger partial charge in [0.05, 0.1) is 4.92 Å². The Bertz CT molecular complexity index is 583. The first kappa shape index (κ1) is 12.4. The smallest absolute Gasteiger partial charge is 0.288 e. The first-order valence-electron chi connectivity index (χ1n) is 5.25. The molecule has 0 aliphatic heterocycles. The number of nitro groups is 1. The molecule has 0 atom stereocenters. The summed E-state index contributed by atoms with van der Waals surface area (Å²) in [5, 5.41) is 14.8. The topological polar surface area (TPSA) is 70.2 Å². The Labute approximate surface area is 108 Å². The van der Waals surface area contributed by atoms with E-state index in [0.29, 0.717) is 11.6 Å². The number of aromatic nitrogens is 2. The maximum absolute atomic E-state index is 10.6. The third kappa shape index (κ3) is 2.60. The zero-order chi connectivity index (χ0) is 13.1. The van der Waals surface area contributed by atoms with Crippen LogP contribution in [0, 0.1) is 10.1 Å². The molecule has 7 heteroatoms. The Morgan fingerprint density at radius 3 is 2.83 bits per heavy atom. The average molecular weight is 268 g/mol. The molecule has 0 spiro atoms. The summed E-state index contributed by atoms with van der Waals surface area (Å²) in [5.41, 5.74) is -0.150. The number of aryl methyl sites for hydroxylation is 1. The Morgan fingerprint density at radius 1 is 1.50 bits per heavy atom. The van der Waals surface area contributed by atoms with E-state index >= 15 is 0 Å². The largest absolute Gasteiger partial charge is 0.437 e. The first-order chi connectivity index (χ1) is 8.60. The molecule has 0 saturated heterocycles. The average Bonchev–Trinajstić information content (AvgIpc) is 2.76. The highest BCUT2D eigenvalue weighted by Crippen LogP contribution is 2.30. The molecule has 1 aromatic heterocycles. The van der Waals surface area contributed by atoms with Crippen LogP contribution in [0.1, 0.15) is 6.92 Å². The van der Waals surface area contributed by atoms with E-state index in [1.165, 1.54) is 18.2 Å². The normalized spacial score (nSPS) is 10.3. The maximum Gasteiger partial charge on any atom is 0.288 e. The summed E-state index contributed by atoms with van der Waals surface area (Å²) >= 11 is 5.78. The number of nitrogens with zero attached hydrogens (tertiary/aromatic N) is 3. The number of nitro benzene ring substituents is 1. The fraction of sp³-hybridized carbons (Fsp3) is 0.182. The van der Waals surface area contributed by atoms with Gasteiger partial charge in [-0.15, -0.1) is 5.10 Å². The molecule has 0 radical (unpaired) electrons. The van der Waals surface area contributed by atoms with Gasteiger partial charge in [-0.1, -0.05) is 11.6 Å². The molecule has 0 aliphatic carbocycles. The summed E-state index contributed by atoms with van der Waals surface area (Å²) in [6.45, 7) is 2.70. The highest BCUT2D eigenvalue weighted by atomic mass is 35.5. The van der Waals surface area contributed by atoms with Crippen LogP contribution < -0.4 is 4.74 Å². The molecule has 94 valence electrons. The van der Waals surface area contributed by atoms with Crippen LogP contribution in [0.3, 0.4) is 0 Å². The fourth-order valence-electron chi connectivity index (χ4n) is 1.39. The van der Waals surface area contributed by atoms with Crippen molar-refractivity contribution in [2.75, 3.05) is 0 Å². The molecule has 6 nitrogen and oxygen atoms in total. The second-order valence-corrected chi connectivity index (χ2v) is 3.89. The van der Waals surface area contributed by atoms with Gasteiger partial charge in [0.1, 0.15) is 10.8 Å². The standard InChI is InChI=1S/C11H10ClN3O3/c1-2-14-6-5-11(13-14)18-8-3-4-10(15(16)17)9(12)7-8/h3-7H,2H2,1H3. The summed E-state index contributed by atoms with van der Waals surface area (Å²) in [6.07, 6.45) is 1.78. The highest BCUT2D eigenvalue weighted by molar-refractivity contribution is 6.32. The molecule has 0 N–H and O–H groups in total. The van der Waals surface area contributed by atoms with Gasteiger partial charge in [0.25, 0.3) is 5.69 Å². The van der Waals surface area contributed by atoms with E-state index in [1.54, 1.807) is 16.9 Å². The van der Waals surface area contributed by atoms with Crippen LogP contribution in [-0.4, -0.2) is 14.7 Å². The number of benzene rings is 1. The summed E-state index contributed by atoms with van der Waals surface area (Å²) < 4.78 is 7.15. The molecule has 0 bridgehead atoms. The minimum Gasteiger partial charge on any atom is -0.437 e.